The van der Waals surface area contributed by atoms with Gasteiger partial charge >= 0.3 is 6.09 Å². The van der Waals surface area contributed by atoms with Crippen molar-refractivity contribution >= 4 is 6.09 Å². The molecule has 198 valence electrons. The summed E-state index contributed by atoms with van der Waals surface area (Å²) in [6, 6.07) is 0. The average Bonchev–Trinajstić information content (AvgIpc) is 2.79. The van der Waals surface area contributed by atoms with Crippen LogP contribution in [-0.2, 0) is 4.74 Å². The van der Waals surface area contributed by atoms with Crippen LogP contribution >= 0.6 is 0 Å². The molecular weight excluding hydrogens is 418 g/mol. The molecule has 4 bridgehead atoms. The minimum Gasteiger partial charge on any atom is -0.443 e. The molecule has 4 fully saturated rings. The summed E-state index contributed by atoms with van der Waals surface area (Å²) in [7, 11) is 0. The normalized spacial score (nSPS) is 27.3. The van der Waals surface area contributed by atoms with Crippen LogP contribution in [0.5, 0.6) is 0 Å². The molecule has 0 aromatic carbocycles. The number of ether oxygens (including phenoxy) is 1. The summed E-state index contributed by atoms with van der Waals surface area (Å²) >= 11 is 0. The van der Waals surface area contributed by atoms with Crippen molar-refractivity contribution in [1.29, 1.82) is 0 Å². The van der Waals surface area contributed by atoms with Gasteiger partial charge in [-0.3, -0.25) is 0 Å². The highest BCUT2D eigenvalue weighted by molar-refractivity contribution is 5.67. The minimum atomic E-state index is -0.145. The van der Waals surface area contributed by atoms with Crippen LogP contribution < -0.4 is 5.32 Å². The Morgan fingerprint density at radius 2 is 0.971 bits per heavy atom. The Morgan fingerprint density at radius 3 is 1.35 bits per heavy atom. The van der Waals surface area contributed by atoms with Crippen LogP contribution in [0.15, 0.2) is 0 Å². The standard InChI is InChI=1S/C31H57NO2/c1-2-3-4-5-6-7-8-9-10-11-12-13-14-15-16-17-18-19-20-32-30(33)34-31-24-27-21-28(25-31)23-29(22-27)26-31/h27-29H,2-26H2,1H3,(H,32,33). The number of amides is 1. The zero-order valence-corrected chi connectivity index (χ0v) is 22.7. The zero-order chi connectivity index (χ0) is 23.9. The van der Waals surface area contributed by atoms with E-state index < -0.39 is 0 Å². The van der Waals surface area contributed by atoms with Crippen LogP contribution in [0, 0.1) is 17.8 Å². The van der Waals surface area contributed by atoms with E-state index in [1.54, 1.807) is 0 Å². The van der Waals surface area contributed by atoms with E-state index in [0.717, 1.165) is 50.0 Å². The Kier molecular flexibility index (Phi) is 13.2. The van der Waals surface area contributed by atoms with Crippen LogP contribution in [0.4, 0.5) is 4.79 Å². The highest BCUT2D eigenvalue weighted by Crippen LogP contribution is 2.57. The molecule has 3 heteroatoms. The molecule has 0 aromatic rings. The Balaban J connectivity index is 1.03. The van der Waals surface area contributed by atoms with Crippen LogP contribution in [-0.4, -0.2) is 18.2 Å². The summed E-state index contributed by atoms with van der Waals surface area (Å²) in [5.74, 6) is 2.48. The van der Waals surface area contributed by atoms with E-state index in [9.17, 15) is 4.79 Å². The fourth-order valence-corrected chi connectivity index (χ4v) is 7.61. The molecule has 34 heavy (non-hydrogen) atoms. The summed E-state index contributed by atoms with van der Waals surface area (Å²) in [5.41, 5.74) is -0.104. The van der Waals surface area contributed by atoms with Crippen LogP contribution in [0.2, 0.25) is 0 Å². The van der Waals surface area contributed by atoms with Gasteiger partial charge in [0.2, 0.25) is 0 Å². The smallest absolute Gasteiger partial charge is 0.407 e. The molecular formula is C31H57NO2. The van der Waals surface area contributed by atoms with E-state index in [-0.39, 0.29) is 11.7 Å². The van der Waals surface area contributed by atoms with Crippen LogP contribution in [0.25, 0.3) is 0 Å². The van der Waals surface area contributed by atoms with Crippen molar-refractivity contribution in [3.8, 4) is 0 Å². The zero-order valence-electron chi connectivity index (χ0n) is 22.7. The highest BCUT2D eigenvalue weighted by Gasteiger charge is 2.53. The Morgan fingerprint density at radius 1 is 0.618 bits per heavy atom. The maximum absolute atomic E-state index is 12.4. The van der Waals surface area contributed by atoms with Gasteiger partial charge in [-0.15, -0.1) is 0 Å². The van der Waals surface area contributed by atoms with Gasteiger partial charge in [-0.05, 0) is 62.7 Å². The molecule has 0 aliphatic heterocycles. The second-order valence-corrected chi connectivity index (χ2v) is 12.4. The summed E-state index contributed by atoms with van der Waals surface area (Å²) in [6.45, 7) is 3.08. The number of rotatable bonds is 20. The molecule has 4 rings (SSSR count). The largest absolute Gasteiger partial charge is 0.443 e. The molecule has 0 unspecified atom stereocenters. The maximum Gasteiger partial charge on any atom is 0.407 e. The van der Waals surface area contributed by atoms with Crippen LogP contribution in [0.3, 0.4) is 0 Å². The third-order valence-corrected chi connectivity index (χ3v) is 9.09. The third kappa shape index (κ3) is 10.5. The molecule has 1 N–H and O–H groups in total. The Bertz CT molecular complexity index is 510. The molecule has 4 aliphatic carbocycles. The van der Waals surface area contributed by atoms with Crippen molar-refractivity contribution in [1.82, 2.24) is 5.32 Å². The highest BCUT2D eigenvalue weighted by atomic mass is 16.6. The molecule has 0 radical (unpaired) electrons. The number of alkyl carbamates (subject to hydrolysis) is 1. The first kappa shape index (κ1) is 27.9. The summed E-state index contributed by atoms with van der Waals surface area (Å²) in [4.78, 5) is 12.4. The molecule has 0 heterocycles. The van der Waals surface area contributed by atoms with E-state index in [1.165, 1.54) is 128 Å². The number of hydrogen-bond acceptors (Lipinski definition) is 2. The number of hydrogen-bond donors (Lipinski definition) is 1. The van der Waals surface area contributed by atoms with Gasteiger partial charge in [0.1, 0.15) is 5.60 Å². The van der Waals surface area contributed by atoms with Gasteiger partial charge in [-0.25, -0.2) is 4.79 Å². The van der Waals surface area contributed by atoms with Gasteiger partial charge in [0, 0.05) is 6.54 Å². The van der Waals surface area contributed by atoms with E-state index in [0.29, 0.717) is 0 Å². The lowest BCUT2D eigenvalue weighted by molar-refractivity contribution is -0.127. The molecule has 0 atom stereocenters. The topological polar surface area (TPSA) is 38.3 Å². The molecule has 0 spiro atoms. The van der Waals surface area contributed by atoms with Crippen molar-refractivity contribution < 1.29 is 9.53 Å². The average molecular weight is 476 g/mol. The Labute approximate surface area is 211 Å². The van der Waals surface area contributed by atoms with Gasteiger partial charge in [0.25, 0.3) is 0 Å². The van der Waals surface area contributed by atoms with Crippen molar-refractivity contribution in [3.63, 3.8) is 0 Å². The molecule has 1 amide bonds. The molecule has 4 saturated carbocycles. The van der Waals surface area contributed by atoms with Crippen LogP contribution in [0.1, 0.15) is 161 Å². The van der Waals surface area contributed by atoms with E-state index in [4.69, 9.17) is 4.74 Å². The first-order valence-corrected chi connectivity index (χ1v) is 15.7. The third-order valence-electron chi connectivity index (χ3n) is 9.09. The summed E-state index contributed by atoms with van der Waals surface area (Å²) in [6.07, 6.45) is 32.5. The maximum atomic E-state index is 12.4. The summed E-state index contributed by atoms with van der Waals surface area (Å²) in [5, 5.41) is 3.05. The number of nitrogens with one attached hydrogen (secondary N) is 1. The fourth-order valence-electron chi connectivity index (χ4n) is 7.61. The quantitative estimate of drug-likeness (QED) is 0.178. The molecule has 0 saturated heterocycles. The van der Waals surface area contributed by atoms with Crippen molar-refractivity contribution in [3.05, 3.63) is 0 Å². The van der Waals surface area contributed by atoms with Gasteiger partial charge < -0.3 is 10.1 Å². The van der Waals surface area contributed by atoms with E-state index in [2.05, 4.69) is 12.2 Å². The molecule has 4 aliphatic rings. The second-order valence-electron chi connectivity index (χ2n) is 12.4. The molecule has 3 nitrogen and oxygen atoms in total. The lowest BCUT2D eigenvalue weighted by Gasteiger charge is -2.55. The van der Waals surface area contributed by atoms with Gasteiger partial charge in [-0.2, -0.15) is 0 Å². The lowest BCUT2D eigenvalue weighted by Crippen LogP contribution is -2.53. The monoisotopic (exact) mass is 475 g/mol. The first-order valence-electron chi connectivity index (χ1n) is 15.7. The summed E-state index contributed by atoms with van der Waals surface area (Å²) < 4.78 is 6.04. The predicted molar refractivity (Wildman–Crippen MR) is 144 cm³/mol. The lowest BCUT2D eigenvalue weighted by atomic mass is 9.54. The second kappa shape index (κ2) is 16.1. The van der Waals surface area contributed by atoms with Crippen molar-refractivity contribution in [2.45, 2.75) is 167 Å². The minimum absolute atomic E-state index is 0.104. The van der Waals surface area contributed by atoms with Gasteiger partial charge in [-0.1, -0.05) is 116 Å². The SMILES string of the molecule is CCCCCCCCCCCCCCCCCCCCNC(=O)OC12CC3CC(CC(C3)C1)C2. The van der Waals surface area contributed by atoms with E-state index in [1.807, 2.05) is 0 Å². The number of unbranched alkanes of at least 4 members (excludes halogenated alkanes) is 17. The van der Waals surface area contributed by atoms with Crippen molar-refractivity contribution in [2.75, 3.05) is 6.54 Å². The number of carbonyl (C=O) groups is 1. The Hall–Kier alpha value is -0.730. The van der Waals surface area contributed by atoms with Crippen molar-refractivity contribution in [2.24, 2.45) is 17.8 Å². The first-order chi connectivity index (χ1) is 16.7. The van der Waals surface area contributed by atoms with E-state index >= 15 is 0 Å². The number of carbonyl (C=O) groups excluding carboxylic acids is 1. The van der Waals surface area contributed by atoms with Gasteiger partial charge in [0.15, 0.2) is 0 Å². The van der Waals surface area contributed by atoms with Gasteiger partial charge in [0.05, 0.1) is 0 Å². The fraction of sp³-hybridized carbons (Fsp3) is 0.968. The predicted octanol–water partition coefficient (Wildman–Crippen LogP) is 9.72. The molecule has 0 aromatic heterocycles.